The summed E-state index contributed by atoms with van der Waals surface area (Å²) in [6.07, 6.45) is 3.20. The number of rotatable bonds is 8. The first kappa shape index (κ1) is 16.2. The average Bonchev–Trinajstić information content (AvgIpc) is 2.39. The second-order valence-corrected chi connectivity index (χ2v) is 4.82. The molecule has 7 nitrogen and oxygen atoms in total. The van der Waals surface area contributed by atoms with Crippen LogP contribution in [0.5, 0.6) is 0 Å². The number of carbonyl (C=O) groups excluding carboxylic acids is 1. The third kappa shape index (κ3) is 5.40. The Hall–Kier alpha value is -1.89. The predicted molar refractivity (Wildman–Crippen MR) is 76.7 cm³/mol. The highest BCUT2D eigenvalue weighted by molar-refractivity contribution is 5.80. The number of hydrogen-bond acceptors (Lipinski definition) is 5. The zero-order chi connectivity index (χ0) is 15.0. The highest BCUT2D eigenvalue weighted by Crippen LogP contribution is 1.98. The number of hydrogen-bond donors (Lipinski definition) is 2. The van der Waals surface area contributed by atoms with Crippen molar-refractivity contribution in [2.75, 3.05) is 32.1 Å². The van der Waals surface area contributed by atoms with Gasteiger partial charge in [-0.15, -0.1) is 0 Å². The molecule has 0 fully saturated rings. The minimum Gasteiger partial charge on any atom is -0.383 e. The minimum absolute atomic E-state index is 0.0116. The number of carbonyl (C=O) groups is 1. The van der Waals surface area contributed by atoms with Gasteiger partial charge in [0.1, 0.15) is 0 Å². The number of nitrogens with zero attached hydrogens (tertiary/aromatic N) is 2. The standard InChI is InChI=1S/C13H22N4O3/c1-10(2)9-17-6-4-15-12(13(17)19)16-8-11(18)14-5-7-20-3/h4,6,10H,5,7-9H2,1-3H3,(H,14,18)(H,15,16). The molecule has 1 heterocycles. The van der Waals surface area contributed by atoms with E-state index in [1.165, 1.54) is 0 Å². The molecule has 1 aromatic rings. The summed E-state index contributed by atoms with van der Waals surface area (Å²) in [7, 11) is 1.56. The normalized spacial score (nSPS) is 10.6. The van der Waals surface area contributed by atoms with Crippen LogP contribution in [0, 0.1) is 5.92 Å². The van der Waals surface area contributed by atoms with Crippen LogP contribution in [0.1, 0.15) is 13.8 Å². The molecule has 7 heteroatoms. The minimum atomic E-state index is -0.217. The van der Waals surface area contributed by atoms with Crippen LogP contribution in [0.4, 0.5) is 5.82 Å². The van der Waals surface area contributed by atoms with Crippen LogP contribution in [-0.2, 0) is 16.1 Å². The summed E-state index contributed by atoms with van der Waals surface area (Å²) in [5, 5.41) is 5.41. The average molecular weight is 282 g/mol. The van der Waals surface area contributed by atoms with E-state index >= 15 is 0 Å². The van der Waals surface area contributed by atoms with Gasteiger partial charge in [0.2, 0.25) is 5.91 Å². The SMILES string of the molecule is COCCNC(=O)CNc1nccn(CC(C)C)c1=O. The molecular formula is C13H22N4O3. The van der Waals surface area contributed by atoms with E-state index < -0.39 is 0 Å². The van der Waals surface area contributed by atoms with Crippen molar-refractivity contribution in [3.8, 4) is 0 Å². The molecule has 0 saturated carbocycles. The molecule has 0 atom stereocenters. The van der Waals surface area contributed by atoms with Crippen molar-refractivity contribution in [1.29, 1.82) is 0 Å². The highest BCUT2D eigenvalue weighted by Gasteiger charge is 2.07. The number of anilines is 1. The van der Waals surface area contributed by atoms with E-state index in [0.717, 1.165) is 0 Å². The Kier molecular flexibility index (Phi) is 6.72. The maximum Gasteiger partial charge on any atom is 0.293 e. The van der Waals surface area contributed by atoms with Gasteiger partial charge >= 0.3 is 0 Å². The Labute approximate surface area is 118 Å². The van der Waals surface area contributed by atoms with Gasteiger partial charge in [0, 0.05) is 32.6 Å². The van der Waals surface area contributed by atoms with Gasteiger partial charge in [0.15, 0.2) is 5.82 Å². The van der Waals surface area contributed by atoms with Gasteiger partial charge in [-0.1, -0.05) is 13.8 Å². The molecule has 0 unspecified atom stereocenters. The Bertz CT molecular complexity index is 485. The summed E-state index contributed by atoms with van der Waals surface area (Å²) in [5.74, 6) is 0.345. The van der Waals surface area contributed by atoms with Crippen LogP contribution in [0.25, 0.3) is 0 Å². The summed E-state index contributed by atoms with van der Waals surface area (Å²) in [6, 6.07) is 0. The van der Waals surface area contributed by atoms with Crippen LogP contribution in [0.2, 0.25) is 0 Å². The van der Waals surface area contributed by atoms with Crippen molar-refractivity contribution in [3.05, 3.63) is 22.7 Å². The Balaban J connectivity index is 2.56. The number of methoxy groups -OCH3 is 1. The number of amides is 1. The molecule has 1 amide bonds. The van der Waals surface area contributed by atoms with E-state index in [9.17, 15) is 9.59 Å². The van der Waals surface area contributed by atoms with E-state index in [4.69, 9.17) is 4.74 Å². The second-order valence-electron chi connectivity index (χ2n) is 4.82. The maximum absolute atomic E-state index is 12.1. The van der Waals surface area contributed by atoms with Crippen molar-refractivity contribution in [1.82, 2.24) is 14.9 Å². The number of aromatic nitrogens is 2. The molecule has 0 aromatic carbocycles. The van der Waals surface area contributed by atoms with E-state index in [1.54, 1.807) is 24.1 Å². The Morgan fingerprint density at radius 3 is 2.90 bits per heavy atom. The van der Waals surface area contributed by atoms with Crippen LogP contribution in [0.3, 0.4) is 0 Å². The van der Waals surface area contributed by atoms with Crippen LogP contribution >= 0.6 is 0 Å². The largest absolute Gasteiger partial charge is 0.383 e. The molecule has 0 bridgehead atoms. The fraction of sp³-hybridized carbons (Fsp3) is 0.615. The Morgan fingerprint density at radius 2 is 2.25 bits per heavy atom. The van der Waals surface area contributed by atoms with Gasteiger partial charge in [0.05, 0.1) is 13.2 Å². The van der Waals surface area contributed by atoms with E-state index in [1.807, 2.05) is 13.8 Å². The molecule has 1 aromatic heterocycles. The lowest BCUT2D eigenvalue weighted by Gasteiger charge is -2.10. The van der Waals surface area contributed by atoms with Gasteiger partial charge in [-0.3, -0.25) is 9.59 Å². The van der Waals surface area contributed by atoms with Gasteiger partial charge in [0.25, 0.3) is 5.56 Å². The smallest absolute Gasteiger partial charge is 0.293 e. The molecule has 2 N–H and O–H groups in total. The lowest BCUT2D eigenvalue weighted by molar-refractivity contribution is -0.119. The number of nitrogens with one attached hydrogen (secondary N) is 2. The molecule has 0 spiro atoms. The first-order chi connectivity index (χ1) is 9.54. The second kappa shape index (κ2) is 8.31. The molecule has 1 rings (SSSR count). The predicted octanol–water partition coefficient (Wildman–Crippen LogP) is 0.0738. The molecule has 112 valence electrons. The van der Waals surface area contributed by atoms with Gasteiger partial charge in [-0.2, -0.15) is 0 Å². The Morgan fingerprint density at radius 1 is 1.50 bits per heavy atom. The topological polar surface area (TPSA) is 85.2 Å². The molecule has 0 saturated heterocycles. The van der Waals surface area contributed by atoms with E-state index in [2.05, 4.69) is 15.6 Å². The summed E-state index contributed by atoms with van der Waals surface area (Å²) in [4.78, 5) is 27.5. The van der Waals surface area contributed by atoms with Gasteiger partial charge in [-0.25, -0.2) is 4.98 Å². The van der Waals surface area contributed by atoms with E-state index in [-0.39, 0.29) is 23.8 Å². The van der Waals surface area contributed by atoms with Crippen molar-refractivity contribution in [3.63, 3.8) is 0 Å². The summed E-state index contributed by atoms with van der Waals surface area (Å²) in [6.45, 7) is 5.59. The zero-order valence-electron chi connectivity index (χ0n) is 12.2. The van der Waals surface area contributed by atoms with E-state index in [0.29, 0.717) is 25.6 Å². The van der Waals surface area contributed by atoms with Crippen molar-refractivity contribution < 1.29 is 9.53 Å². The van der Waals surface area contributed by atoms with Crippen molar-refractivity contribution >= 4 is 11.7 Å². The molecule has 0 aliphatic carbocycles. The zero-order valence-corrected chi connectivity index (χ0v) is 12.2. The molecule has 0 aliphatic heterocycles. The lowest BCUT2D eigenvalue weighted by Crippen LogP contribution is -2.34. The first-order valence-electron chi connectivity index (χ1n) is 6.59. The molecule has 0 aliphatic rings. The van der Waals surface area contributed by atoms with Gasteiger partial charge in [-0.05, 0) is 5.92 Å². The molecule has 20 heavy (non-hydrogen) atoms. The summed E-state index contributed by atoms with van der Waals surface area (Å²) < 4.78 is 6.41. The maximum atomic E-state index is 12.1. The first-order valence-corrected chi connectivity index (χ1v) is 6.59. The summed E-state index contributed by atoms with van der Waals surface area (Å²) in [5.41, 5.74) is -0.217. The van der Waals surface area contributed by atoms with Crippen LogP contribution in [-0.4, -0.2) is 42.3 Å². The molecule has 0 radical (unpaired) electrons. The van der Waals surface area contributed by atoms with Crippen molar-refractivity contribution in [2.24, 2.45) is 5.92 Å². The van der Waals surface area contributed by atoms with Crippen molar-refractivity contribution in [2.45, 2.75) is 20.4 Å². The fourth-order valence-electron chi connectivity index (χ4n) is 1.62. The summed E-state index contributed by atoms with van der Waals surface area (Å²) >= 11 is 0. The quantitative estimate of drug-likeness (QED) is 0.659. The number of ether oxygens (including phenoxy) is 1. The third-order valence-corrected chi connectivity index (χ3v) is 2.52. The van der Waals surface area contributed by atoms with Crippen LogP contribution in [0.15, 0.2) is 17.2 Å². The molecular weight excluding hydrogens is 260 g/mol. The van der Waals surface area contributed by atoms with Gasteiger partial charge < -0.3 is 19.9 Å². The monoisotopic (exact) mass is 282 g/mol. The lowest BCUT2D eigenvalue weighted by atomic mass is 10.2. The van der Waals surface area contributed by atoms with Crippen LogP contribution < -0.4 is 16.2 Å². The highest BCUT2D eigenvalue weighted by atomic mass is 16.5. The third-order valence-electron chi connectivity index (χ3n) is 2.52. The fourth-order valence-corrected chi connectivity index (χ4v) is 1.62.